The molecular formula is C19H16BrN3O4S2. The van der Waals surface area contributed by atoms with Gasteiger partial charge in [0.25, 0.3) is 11.8 Å². The van der Waals surface area contributed by atoms with Crippen LogP contribution in [-0.2, 0) is 9.59 Å². The molecule has 0 spiro atoms. The van der Waals surface area contributed by atoms with Gasteiger partial charge in [0, 0.05) is 29.1 Å². The van der Waals surface area contributed by atoms with Gasteiger partial charge in [-0.05, 0) is 42.8 Å². The SMILES string of the molecule is O=C(CCCN1C(=O)/C(=C\c2ccco2)SC1=S)NNC(=O)c1ccc(Br)cc1. The van der Waals surface area contributed by atoms with E-state index < -0.39 is 5.91 Å². The number of nitrogens with one attached hydrogen (secondary N) is 2. The lowest BCUT2D eigenvalue weighted by molar-refractivity contribution is -0.124. The summed E-state index contributed by atoms with van der Waals surface area (Å²) in [4.78, 5) is 38.3. The van der Waals surface area contributed by atoms with Crippen LogP contribution in [0, 0.1) is 0 Å². The van der Waals surface area contributed by atoms with Gasteiger partial charge in [-0.3, -0.25) is 30.1 Å². The van der Waals surface area contributed by atoms with Gasteiger partial charge in [0.15, 0.2) is 0 Å². The molecule has 3 amide bonds. The minimum atomic E-state index is -0.411. The first-order valence-corrected chi connectivity index (χ1v) is 10.6. The monoisotopic (exact) mass is 493 g/mol. The van der Waals surface area contributed by atoms with Crippen molar-refractivity contribution in [2.75, 3.05) is 6.54 Å². The van der Waals surface area contributed by atoms with Crippen LogP contribution in [-0.4, -0.2) is 33.5 Å². The number of carbonyl (C=O) groups is 3. The number of halogens is 1. The van der Waals surface area contributed by atoms with E-state index in [2.05, 4.69) is 26.8 Å². The number of nitrogens with zero attached hydrogens (tertiary/aromatic N) is 1. The van der Waals surface area contributed by atoms with Gasteiger partial charge in [-0.1, -0.05) is 39.9 Å². The van der Waals surface area contributed by atoms with Crippen LogP contribution in [0.3, 0.4) is 0 Å². The van der Waals surface area contributed by atoms with Gasteiger partial charge in [0.1, 0.15) is 10.1 Å². The van der Waals surface area contributed by atoms with Crippen molar-refractivity contribution >= 4 is 68.0 Å². The van der Waals surface area contributed by atoms with Crippen LogP contribution in [0.4, 0.5) is 0 Å². The number of benzene rings is 1. The molecular weight excluding hydrogens is 478 g/mol. The van der Waals surface area contributed by atoms with Crippen LogP contribution in [0.2, 0.25) is 0 Å². The van der Waals surface area contributed by atoms with Crippen molar-refractivity contribution in [2.24, 2.45) is 0 Å². The number of rotatable bonds is 6. The highest BCUT2D eigenvalue weighted by Gasteiger charge is 2.31. The summed E-state index contributed by atoms with van der Waals surface area (Å²) in [5.41, 5.74) is 5.15. The minimum Gasteiger partial charge on any atom is -0.465 e. The van der Waals surface area contributed by atoms with Crippen molar-refractivity contribution in [3.63, 3.8) is 0 Å². The topological polar surface area (TPSA) is 91.7 Å². The van der Waals surface area contributed by atoms with Crippen molar-refractivity contribution < 1.29 is 18.8 Å². The second-order valence-electron chi connectivity index (χ2n) is 5.96. The van der Waals surface area contributed by atoms with Gasteiger partial charge < -0.3 is 4.42 Å². The molecule has 0 unspecified atom stereocenters. The van der Waals surface area contributed by atoms with Gasteiger partial charge in [0.2, 0.25) is 5.91 Å². The van der Waals surface area contributed by atoms with Crippen molar-refractivity contribution in [1.82, 2.24) is 15.8 Å². The van der Waals surface area contributed by atoms with E-state index in [4.69, 9.17) is 16.6 Å². The highest BCUT2D eigenvalue weighted by atomic mass is 79.9. The largest absolute Gasteiger partial charge is 0.465 e. The smallest absolute Gasteiger partial charge is 0.269 e. The lowest BCUT2D eigenvalue weighted by Gasteiger charge is -2.14. The maximum Gasteiger partial charge on any atom is 0.269 e. The van der Waals surface area contributed by atoms with Crippen LogP contribution in [0.25, 0.3) is 6.08 Å². The Balaban J connectivity index is 1.43. The number of hydrogen-bond donors (Lipinski definition) is 2. The number of carbonyl (C=O) groups excluding carboxylic acids is 3. The molecule has 10 heteroatoms. The predicted octanol–water partition coefficient (Wildman–Crippen LogP) is 3.48. The average molecular weight is 494 g/mol. The molecule has 3 rings (SSSR count). The molecule has 150 valence electrons. The van der Waals surface area contributed by atoms with Crippen LogP contribution in [0.1, 0.15) is 29.0 Å². The maximum atomic E-state index is 12.5. The summed E-state index contributed by atoms with van der Waals surface area (Å²) in [6.07, 6.45) is 3.71. The number of thiocarbonyl (C=S) groups is 1. The standard InChI is InChI=1S/C19H16BrN3O4S2/c20-13-7-5-12(6-8-13)17(25)22-21-16(24)4-1-9-23-18(26)15(29-19(23)28)11-14-3-2-10-27-14/h2-3,5-8,10-11H,1,4,9H2,(H,21,24)(H,22,25)/b15-11+. The summed E-state index contributed by atoms with van der Waals surface area (Å²) in [7, 11) is 0. The molecule has 1 aromatic heterocycles. The zero-order chi connectivity index (χ0) is 20.8. The molecule has 1 aliphatic rings. The summed E-state index contributed by atoms with van der Waals surface area (Å²) in [6, 6.07) is 10.2. The van der Waals surface area contributed by atoms with Crippen LogP contribution in [0.15, 0.2) is 56.5 Å². The van der Waals surface area contributed by atoms with Crippen molar-refractivity contribution in [2.45, 2.75) is 12.8 Å². The second kappa shape index (κ2) is 9.86. The number of amides is 3. The molecule has 7 nitrogen and oxygen atoms in total. The molecule has 0 aliphatic carbocycles. The van der Waals surface area contributed by atoms with Crippen LogP contribution < -0.4 is 10.9 Å². The fourth-order valence-corrected chi connectivity index (χ4v) is 4.01. The molecule has 0 radical (unpaired) electrons. The van der Waals surface area contributed by atoms with E-state index in [1.165, 1.54) is 22.9 Å². The Morgan fingerprint density at radius 1 is 1.21 bits per heavy atom. The van der Waals surface area contributed by atoms with Crippen LogP contribution in [0.5, 0.6) is 0 Å². The first-order valence-electron chi connectivity index (χ1n) is 8.57. The van der Waals surface area contributed by atoms with Crippen LogP contribution >= 0.6 is 39.9 Å². The highest BCUT2D eigenvalue weighted by molar-refractivity contribution is 9.10. The zero-order valence-electron chi connectivity index (χ0n) is 15.0. The Labute approximate surface area is 185 Å². The number of thioether (sulfide) groups is 1. The number of hydrogen-bond acceptors (Lipinski definition) is 6. The molecule has 1 aliphatic heterocycles. The third kappa shape index (κ3) is 5.78. The number of hydrazine groups is 1. The first-order chi connectivity index (χ1) is 13.9. The van der Waals surface area contributed by atoms with Crippen molar-refractivity contribution in [3.05, 3.63) is 63.4 Å². The van der Waals surface area contributed by atoms with E-state index in [1.807, 2.05) is 0 Å². The summed E-state index contributed by atoms with van der Waals surface area (Å²) in [6.45, 7) is 0.314. The Hall–Kier alpha value is -2.43. The first kappa shape index (κ1) is 21.3. The van der Waals surface area contributed by atoms with E-state index in [1.54, 1.807) is 42.5 Å². The minimum absolute atomic E-state index is 0.134. The van der Waals surface area contributed by atoms with Gasteiger partial charge in [-0.2, -0.15) is 0 Å². The Bertz CT molecular complexity index is 958. The van der Waals surface area contributed by atoms with Gasteiger partial charge in [0.05, 0.1) is 11.2 Å². The molecule has 1 fully saturated rings. The summed E-state index contributed by atoms with van der Waals surface area (Å²) >= 11 is 9.74. The maximum absolute atomic E-state index is 12.5. The Morgan fingerprint density at radius 2 is 1.97 bits per heavy atom. The molecule has 2 heterocycles. The third-order valence-corrected chi connectivity index (χ3v) is 5.80. The molecule has 1 saturated heterocycles. The fraction of sp³-hybridized carbons (Fsp3) is 0.158. The quantitative estimate of drug-likeness (QED) is 0.363. The molecule has 2 aromatic rings. The van der Waals surface area contributed by atoms with Gasteiger partial charge in [-0.25, -0.2) is 0 Å². The molecule has 0 bridgehead atoms. The molecule has 0 saturated carbocycles. The summed E-state index contributed by atoms with van der Waals surface area (Å²) in [5, 5.41) is 0. The number of furan rings is 1. The average Bonchev–Trinajstić information content (AvgIpc) is 3.30. The van der Waals surface area contributed by atoms with Crippen molar-refractivity contribution in [3.8, 4) is 0 Å². The van der Waals surface area contributed by atoms with E-state index in [-0.39, 0.29) is 18.2 Å². The van der Waals surface area contributed by atoms with E-state index in [9.17, 15) is 14.4 Å². The molecule has 1 aromatic carbocycles. The summed E-state index contributed by atoms with van der Waals surface area (Å²) < 4.78 is 6.51. The molecule has 2 N–H and O–H groups in total. The fourth-order valence-electron chi connectivity index (χ4n) is 2.46. The van der Waals surface area contributed by atoms with E-state index >= 15 is 0 Å². The third-order valence-electron chi connectivity index (χ3n) is 3.90. The lowest BCUT2D eigenvalue weighted by atomic mass is 10.2. The second-order valence-corrected chi connectivity index (χ2v) is 8.55. The van der Waals surface area contributed by atoms with Gasteiger partial charge in [-0.15, -0.1) is 0 Å². The zero-order valence-corrected chi connectivity index (χ0v) is 18.2. The Kier molecular flexibility index (Phi) is 7.24. The van der Waals surface area contributed by atoms with Crippen molar-refractivity contribution in [1.29, 1.82) is 0 Å². The van der Waals surface area contributed by atoms with E-state index in [0.717, 1.165) is 4.47 Å². The Morgan fingerprint density at radius 3 is 2.66 bits per heavy atom. The lowest BCUT2D eigenvalue weighted by Crippen LogP contribution is -2.41. The highest BCUT2D eigenvalue weighted by Crippen LogP contribution is 2.32. The molecule has 0 atom stereocenters. The molecule has 29 heavy (non-hydrogen) atoms. The van der Waals surface area contributed by atoms with E-state index in [0.29, 0.717) is 33.5 Å². The summed E-state index contributed by atoms with van der Waals surface area (Å²) in [5.74, 6) is -0.398. The predicted molar refractivity (Wildman–Crippen MR) is 118 cm³/mol. The van der Waals surface area contributed by atoms with Gasteiger partial charge >= 0.3 is 0 Å². The normalized spacial score (nSPS) is 15.1.